The molecule has 3 atom stereocenters. The Labute approximate surface area is 138 Å². The van der Waals surface area contributed by atoms with Crippen molar-refractivity contribution in [2.45, 2.75) is 50.2 Å². The summed E-state index contributed by atoms with van der Waals surface area (Å²) in [5.74, 6) is -0.0309. The minimum atomic E-state index is -3.57. The summed E-state index contributed by atoms with van der Waals surface area (Å²) in [5, 5.41) is 10.2. The van der Waals surface area contributed by atoms with Gasteiger partial charge in [0.2, 0.25) is 10.0 Å². The maximum atomic E-state index is 13.1. The van der Waals surface area contributed by atoms with E-state index in [0.29, 0.717) is 24.7 Å². The summed E-state index contributed by atoms with van der Waals surface area (Å²) in [4.78, 5) is 0.333. The van der Waals surface area contributed by atoms with Crippen molar-refractivity contribution < 1.29 is 18.3 Å². The Kier molecular flexibility index (Phi) is 4.78. The van der Waals surface area contributed by atoms with Crippen LogP contribution in [0, 0.1) is 19.8 Å². The average molecular weight is 339 g/mol. The maximum absolute atomic E-state index is 13.1. The van der Waals surface area contributed by atoms with E-state index in [1.807, 2.05) is 19.9 Å². The fourth-order valence-corrected chi connectivity index (χ4v) is 5.40. The zero-order valence-corrected chi connectivity index (χ0v) is 14.6. The summed E-state index contributed by atoms with van der Waals surface area (Å²) in [6, 6.07) is 4.99. The first-order valence-electron chi connectivity index (χ1n) is 8.26. The van der Waals surface area contributed by atoms with E-state index in [1.165, 1.54) is 0 Å². The number of hydrogen-bond acceptors (Lipinski definition) is 4. The average Bonchev–Trinajstić information content (AvgIpc) is 2.96. The van der Waals surface area contributed by atoms with Gasteiger partial charge in [-0.2, -0.15) is 4.31 Å². The van der Waals surface area contributed by atoms with Crippen molar-refractivity contribution >= 4 is 10.0 Å². The maximum Gasteiger partial charge on any atom is 0.243 e. The first kappa shape index (κ1) is 16.9. The van der Waals surface area contributed by atoms with Crippen LogP contribution >= 0.6 is 0 Å². The Morgan fingerprint density at radius 2 is 2.00 bits per heavy atom. The normalized spacial score (nSPS) is 29.8. The monoisotopic (exact) mass is 339 g/mol. The van der Waals surface area contributed by atoms with E-state index in [0.717, 1.165) is 30.4 Å². The molecular formula is C17H25NO4S. The lowest BCUT2D eigenvalue weighted by atomic mass is 9.96. The van der Waals surface area contributed by atoms with E-state index < -0.39 is 16.1 Å². The first-order valence-corrected chi connectivity index (χ1v) is 9.70. The summed E-state index contributed by atoms with van der Waals surface area (Å²) in [6.07, 6.45) is 2.12. The van der Waals surface area contributed by atoms with E-state index in [2.05, 4.69) is 0 Å². The molecule has 1 aromatic carbocycles. The number of ether oxygens (including phenoxy) is 1. The van der Waals surface area contributed by atoms with Crippen molar-refractivity contribution in [1.82, 2.24) is 4.31 Å². The molecule has 2 aliphatic rings. The second-order valence-electron chi connectivity index (χ2n) is 6.67. The molecular weight excluding hydrogens is 314 g/mol. The predicted molar refractivity (Wildman–Crippen MR) is 87.8 cm³/mol. The van der Waals surface area contributed by atoms with Gasteiger partial charge < -0.3 is 9.84 Å². The SMILES string of the molecule is Cc1ccc(S(=O)(=O)N2CCOC[C@@H]2[C@@H]2CCC[C@H]2O)cc1C. The van der Waals surface area contributed by atoms with E-state index in [1.54, 1.807) is 16.4 Å². The number of aliphatic hydroxyl groups is 1. The van der Waals surface area contributed by atoms with Crippen molar-refractivity contribution in [1.29, 1.82) is 0 Å². The number of hydrogen-bond donors (Lipinski definition) is 1. The zero-order valence-electron chi connectivity index (χ0n) is 13.7. The molecule has 2 fully saturated rings. The molecule has 1 saturated heterocycles. The third kappa shape index (κ3) is 3.18. The minimum Gasteiger partial charge on any atom is -0.393 e. The summed E-state index contributed by atoms with van der Waals surface area (Å²) in [6.45, 7) is 5.02. The molecule has 23 heavy (non-hydrogen) atoms. The fourth-order valence-electron chi connectivity index (χ4n) is 3.67. The topological polar surface area (TPSA) is 66.8 Å². The van der Waals surface area contributed by atoms with Crippen LogP contribution in [0.5, 0.6) is 0 Å². The molecule has 1 aromatic rings. The van der Waals surface area contributed by atoms with Crippen LogP contribution in [0.2, 0.25) is 0 Å². The van der Waals surface area contributed by atoms with Crippen LogP contribution in [0.4, 0.5) is 0 Å². The summed E-state index contributed by atoms with van der Waals surface area (Å²) in [5.41, 5.74) is 2.05. The molecule has 1 aliphatic carbocycles. The van der Waals surface area contributed by atoms with Crippen LogP contribution in [0.15, 0.2) is 23.1 Å². The third-order valence-corrected chi connectivity index (χ3v) is 7.15. The number of benzene rings is 1. The molecule has 0 unspecified atom stereocenters. The van der Waals surface area contributed by atoms with Gasteiger partial charge in [0.25, 0.3) is 0 Å². The van der Waals surface area contributed by atoms with Crippen molar-refractivity contribution in [3.05, 3.63) is 29.3 Å². The molecule has 6 heteroatoms. The Morgan fingerprint density at radius 3 is 2.65 bits per heavy atom. The molecule has 128 valence electrons. The highest BCUT2D eigenvalue weighted by atomic mass is 32.2. The Bertz CT molecular complexity index is 673. The number of nitrogens with zero attached hydrogens (tertiary/aromatic N) is 1. The molecule has 1 saturated carbocycles. The van der Waals surface area contributed by atoms with Crippen LogP contribution in [-0.4, -0.2) is 49.7 Å². The lowest BCUT2D eigenvalue weighted by Gasteiger charge is -2.39. The van der Waals surface area contributed by atoms with Crippen LogP contribution < -0.4 is 0 Å². The molecule has 0 bridgehead atoms. The third-order valence-electron chi connectivity index (χ3n) is 5.23. The van der Waals surface area contributed by atoms with E-state index in [4.69, 9.17) is 4.74 Å². The van der Waals surface area contributed by atoms with Crippen molar-refractivity contribution in [2.24, 2.45) is 5.92 Å². The van der Waals surface area contributed by atoms with Gasteiger partial charge >= 0.3 is 0 Å². The smallest absolute Gasteiger partial charge is 0.243 e. The Hall–Kier alpha value is -0.950. The number of morpholine rings is 1. The lowest BCUT2D eigenvalue weighted by Crippen LogP contribution is -2.53. The van der Waals surface area contributed by atoms with Gasteiger partial charge in [0, 0.05) is 12.5 Å². The molecule has 0 aromatic heterocycles. The van der Waals surface area contributed by atoms with Gasteiger partial charge in [0.1, 0.15) is 0 Å². The summed E-state index contributed by atoms with van der Waals surface area (Å²) < 4.78 is 33.3. The van der Waals surface area contributed by atoms with Crippen molar-refractivity contribution in [2.75, 3.05) is 19.8 Å². The zero-order chi connectivity index (χ0) is 16.6. The van der Waals surface area contributed by atoms with Crippen LogP contribution in [0.1, 0.15) is 30.4 Å². The van der Waals surface area contributed by atoms with Gasteiger partial charge in [-0.25, -0.2) is 8.42 Å². The second-order valence-corrected chi connectivity index (χ2v) is 8.56. The Morgan fingerprint density at radius 1 is 1.22 bits per heavy atom. The number of aliphatic hydroxyl groups excluding tert-OH is 1. The lowest BCUT2D eigenvalue weighted by molar-refractivity contribution is -0.0148. The molecule has 0 amide bonds. The molecule has 0 radical (unpaired) electrons. The quantitative estimate of drug-likeness (QED) is 0.913. The van der Waals surface area contributed by atoms with Crippen LogP contribution in [-0.2, 0) is 14.8 Å². The largest absolute Gasteiger partial charge is 0.393 e. The van der Waals surface area contributed by atoms with Crippen molar-refractivity contribution in [3.63, 3.8) is 0 Å². The van der Waals surface area contributed by atoms with Gasteiger partial charge in [0.05, 0.1) is 30.3 Å². The molecule has 5 nitrogen and oxygen atoms in total. The fraction of sp³-hybridized carbons (Fsp3) is 0.647. The van der Waals surface area contributed by atoms with Gasteiger partial charge in [-0.15, -0.1) is 0 Å². The van der Waals surface area contributed by atoms with E-state index >= 15 is 0 Å². The number of aryl methyl sites for hydroxylation is 2. The number of rotatable bonds is 3. The summed E-state index contributed by atoms with van der Waals surface area (Å²) >= 11 is 0. The summed E-state index contributed by atoms with van der Waals surface area (Å²) in [7, 11) is -3.57. The standard InChI is InChI=1S/C17H25NO4S/c1-12-6-7-14(10-13(12)2)23(20,21)18-8-9-22-11-16(18)15-4-3-5-17(15)19/h6-7,10,15-17,19H,3-5,8-9,11H2,1-2H3/t15-,16+,17+/m0/s1. The van der Waals surface area contributed by atoms with Crippen molar-refractivity contribution in [3.8, 4) is 0 Å². The Balaban J connectivity index is 1.93. The molecule has 0 spiro atoms. The molecule has 1 aliphatic heterocycles. The van der Waals surface area contributed by atoms with Gasteiger partial charge in [-0.3, -0.25) is 0 Å². The minimum absolute atomic E-state index is 0.0309. The van der Waals surface area contributed by atoms with Crippen LogP contribution in [0.3, 0.4) is 0 Å². The van der Waals surface area contributed by atoms with Gasteiger partial charge in [-0.1, -0.05) is 12.5 Å². The molecule has 1 N–H and O–H groups in total. The first-order chi connectivity index (χ1) is 10.9. The highest BCUT2D eigenvalue weighted by Gasteiger charge is 2.42. The van der Waals surface area contributed by atoms with Gasteiger partial charge in [-0.05, 0) is 49.9 Å². The van der Waals surface area contributed by atoms with E-state index in [-0.39, 0.29) is 12.0 Å². The highest BCUT2D eigenvalue weighted by Crippen LogP contribution is 2.34. The second kappa shape index (κ2) is 6.51. The molecule has 1 heterocycles. The van der Waals surface area contributed by atoms with E-state index in [9.17, 15) is 13.5 Å². The molecule has 3 rings (SSSR count). The predicted octanol–water partition coefficient (Wildman–Crippen LogP) is 1.85. The van der Waals surface area contributed by atoms with Crippen LogP contribution in [0.25, 0.3) is 0 Å². The van der Waals surface area contributed by atoms with Gasteiger partial charge in [0.15, 0.2) is 0 Å². The highest BCUT2D eigenvalue weighted by molar-refractivity contribution is 7.89. The number of sulfonamides is 1.